The van der Waals surface area contributed by atoms with E-state index in [1.807, 2.05) is 43.3 Å². The molecule has 0 radical (unpaired) electrons. The second kappa shape index (κ2) is 6.68. The lowest BCUT2D eigenvalue weighted by Gasteiger charge is -2.04. The Kier molecular flexibility index (Phi) is 4.07. The zero-order chi connectivity index (χ0) is 17.9. The van der Waals surface area contributed by atoms with Crippen LogP contribution in [0.2, 0.25) is 0 Å². The van der Waals surface area contributed by atoms with Crippen LogP contribution in [0.5, 0.6) is 0 Å². The van der Waals surface area contributed by atoms with Crippen LogP contribution in [0.4, 0.5) is 5.69 Å². The van der Waals surface area contributed by atoms with Gasteiger partial charge in [-0.2, -0.15) is 4.98 Å². The predicted octanol–water partition coefficient (Wildman–Crippen LogP) is 4.56. The van der Waals surface area contributed by atoms with Crippen molar-refractivity contribution in [3.63, 3.8) is 0 Å². The first-order valence-electron chi connectivity index (χ1n) is 8.06. The maximum Gasteiger partial charge on any atom is 0.291 e. The van der Waals surface area contributed by atoms with Crippen molar-refractivity contribution in [3.8, 4) is 22.8 Å². The number of hydrogen-bond donors (Lipinski definition) is 1. The van der Waals surface area contributed by atoms with Crippen molar-refractivity contribution in [2.45, 2.75) is 6.92 Å². The van der Waals surface area contributed by atoms with Gasteiger partial charge < -0.3 is 14.3 Å². The van der Waals surface area contributed by atoms with E-state index in [0.29, 0.717) is 17.4 Å². The molecule has 0 saturated carbocycles. The summed E-state index contributed by atoms with van der Waals surface area (Å²) in [6.45, 7) is 1.99. The van der Waals surface area contributed by atoms with E-state index in [1.165, 1.54) is 6.26 Å². The highest BCUT2D eigenvalue weighted by molar-refractivity contribution is 6.02. The summed E-state index contributed by atoms with van der Waals surface area (Å²) in [5.41, 5.74) is 3.31. The first kappa shape index (κ1) is 15.8. The lowest BCUT2D eigenvalue weighted by molar-refractivity contribution is 0.0996. The average Bonchev–Trinajstić information content (AvgIpc) is 3.35. The van der Waals surface area contributed by atoms with E-state index < -0.39 is 0 Å². The quantitative estimate of drug-likeness (QED) is 0.586. The minimum absolute atomic E-state index is 0.247. The Balaban J connectivity index is 1.59. The van der Waals surface area contributed by atoms with Crippen molar-refractivity contribution in [1.82, 2.24) is 10.1 Å². The minimum Gasteiger partial charge on any atom is -0.459 e. The number of amides is 1. The van der Waals surface area contributed by atoms with Gasteiger partial charge >= 0.3 is 0 Å². The number of nitrogens with zero attached hydrogens (tertiary/aromatic N) is 2. The number of anilines is 1. The topological polar surface area (TPSA) is 81.2 Å². The number of aryl methyl sites for hydroxylation is 1. The van der Waals surface area contributed by atoms with Crippen molar-refractivity contribution in [2.75, 3.05) is 5.32 Å². The molecule has 6 heteroatoms. The molecule has 128 valence electrons. The van der Waals surface area contributed by atoms with Gasteiger partial charge in [-0.15, -0.1) is 0 Å². The van der Waals surface area contributed by atoms with Crippen molar-refractivity contribution in [1.29, 1.82) is 0 Å². The van der Waals surface area contributed by atoms with Crippen LogP contribution in [0.3, 0.4) is 0 Å². The lowest BCUT2D eigenvalue weighted by atomic mass is 10.1. The van der Waals surface area contributed by atoms with E-state index >= 15 is 0 Å². The summed E-state index contributed by atoms with van der Waals surface area (Å²) in [7, 11) is 0. The van der Waals surface area contributed by atoms with Crippen LogP contribution in [-0.4, -0.2) is 16.0 Å². The molecule has 0 atom stereocenters. The number of carbonyl (C=O) groups excluding carboxylic acids is 1. The fraction of sp³-hybridized carbons (Fsp3) is 0.0500. The summed E-state index contributed by atoms with van der Waals surface area (Å²) in [6.07, 6.45) is 1.46. The van der Waals surface area contributed by atoms with Gasteiger partial charge in [-0.05, 0) is 42.8 Å². The summed E-state index contributed by atoms with van der Waals surface area (Å²) < 4.78 is 10.5. The van der Waals surface area contributed by atoms with E-state index in [2.05, 4.69) is 15.5 Å². The van der Waals surface area contributed by atoms with Crippen molar-refractivity contribution >= 4 is 11.6 Å². The van der Waals surface area contributed by atoms with E-state index in [9.17, 15) is 4.79 Å². The number of hydrogen-bond acceptors (Lipinski definition) is 5. The van der Waals surface area contributed by atoms with E-state index in [-0.39, 0.29) is 11.7 Å². The van der Waals surface area contributed by atoms with Crippen molar-refractivity contribution < 1.29 is 13.7 Å². The summed E-state index contributed by atoms with van der Waals surface area (Å²) in [5, 5.41) is 6.84. The van der Waals surface area contributed by atoms with Crippen LogP contribution in [0.1, 0.15) is 16.1 Å². The van der Waals surface area contributed by atoms with E-state index in [1.54, 1.807) is 24.3 Å². The van der Waals surface area contributed by atoms with Crippen LogP contribution in [0.15, 0.2) is 75.9 Å². The number of carbonyl (C=O) groups is 1. The van der Waals surface area contributed by atoms with Gasteiger partial charge in [0.25, 0.3) is 11.8 Å². The van der Waals surface area contributed by atoms with Crippen molar-refractivity contribution in [3.05, 3.63) is 78.3 Å². The first-order valence-corrected chi connectivity index (χ1v) is 8.06. The Morgan fingerprint density at radius 3 is 2.73 bits per heavy atom. The second-order valence-electron chi connectivity index (χ2n) is 5.75. The summed E-state index contributed by atoms with van der Waals surface area (Å²) in [4.78, 5) is 16.6. The summed E-state index contributed by atoms with van der Waals surface area (Å²) >= 11 is 0. The monoisotopic (exact) mass is 345 g/mol. The molecule has 2 aromatic carbocycles. The summed E-state index contributed by atoms with van der Waals surface area (Å²) in [5.74, 6) is 0.845. The molecule has 0 spiro atoms. The normalized spacial score (nSPS) is 10.7. The van der Waals surface area contributed by atoms with Crippen LogP contribution >= 0.6 is 0 Å². The van der Waals surface area contributed by atoms with E-state index in [0.717, 1.165) is 16.7 Å². The Labute approximate surface area is 149 Å². The molecular weight excluding hydrogens is 330 g/mol. The van der Waals surface area contributed by atoms with Gasteiger partial charge in [0.1, 0.15) is 0 Å². The molecule has 0 saturated heterocycles. The number of rotatable bonds is 4. The van der Waals surface area contributed by atoms with Gasteiger partial charge in [-0.1, -0.05) is 35.5 Å². The van der Waals surface area contributed by atoms with Crippen LogP contribution < -0.4 is 5.32 Å². The molecule has 0 unspecified atom stereocenters. The van der Waals surface area contributed by atoms with Gasteiger partial charge in [-0.3, -0.25) is 4.79 Å². The minimum atomic E-state index is -0.319. The lowest BCUT2D eigenvalue weighted by Crippen LogP contribution is -2.10. The molecule has 2 aromatic heterocycles. The SMILES string of the molecule is Cc1ccccc1-c1nc(-c2cccc(NC(=O)c3ccco3)c2)no1. The first-order chi connectivity index (χ1) is 12.7. The third kappa shape index (κ3) is 3.12. The molecule has 0 bridgehead atoms. The smallest absolute Gasteiger partial charge is 0.291 e. The fourth-order valence-electron chi connectivity index (χ4n) is 2.60. The molecule has 6 nitrogen and oxygen atoms in total. The number of aromatic nitrogens is 2. The molecule has 0 aliphatic carbocycles. The molecule has 4 rings (SSSR count). The molecule has 0 fully saturated rings. The van der Waals surface area contributed by atoms with Gasteiger partial charge in [-0.25, -0.2) is 0 Å². The fourth-order valence-corrected chi connectivity index (χ4v) is 2.60. The maximum atomic E-state index is 12.1. The number of nitrogens with one attached hydrogen (secondary N) is 1. The third-order valence-electron chi connectivity index (χ3n) is 3.93. The largest absolute Gasteiger partial charge is 0.459 e. The molecule has 4 aromatic rings. The third-order valence-corrected chi connectivity index (χ3v) is 3.93. The highest BCUT2D eigenvalue weighted by Gasteiger charge is 2.14. The van der Waals surface area contributed by atoms with Crippen LogP contribution in [0, 0.1) is 6.92 Å². The number of benzene rings is 2. The second-order valence-corrected chi connectivity index (χ2v) is 5.75. The molecule has 0 aliphatic rings. The van der Waals surface area contributed by atoms with Crippen molar-refractivity contribution in [2.24, 2.45) is 0 Å². The van der Waals surface area contributed by atoms with Gasteiger partial charge in [0.2, 0.25) is 5.82 Å². The Morgan fingerprint density at radius 2 is 1.92 bits per heavy atom. The predicted molar refractivity (Wildman–Crippen MR) is 96.6 cm³/mol. The highest BCUT2D eigenvalue weighted by atomic mass is 16.5. The zero-order valence-electron chi connectivity index (χ0n) is 14.0. The van der Waals surface area contributed by atoms with Crippen LogP contribution in [0.25, 0.3) is 22.8 Å². The molecule has 26 heavy (non-hydrogen) atoms. The molecular formula is C20H15N3O3. The van der Waals surface area contributed by atoms with Gasteiger partial charge in [0.05, 0.1) is 6.26 Å². The molecule has 2 heterocycles. The number of furan rings is 1. The van der Waals surface area contributed by atoms with Gasteiger partial charge in [0.15, 0.2) is 5.76 Å². The average molecular weight is 345 g/mol. The summed E-state index contributed by atoms with van der Waals surface area (Å²) in [6, 6.07) is 18.3. The Hall–Kier alpha value is -3.67. The van der Waals surface area contributed by atoms with Crippen LogP contribution in [-0.2, 0) is 0 Å². The highest BCUT2D eigenvalue weighted by Crippen LogP contribution is 2.26. The molecule has 1 N–H and O–H groups in total. The Morgan fingerprint density at radius 1 is 1.04 bits per heavy atom. The maximum absolute atomic E-state index is 12.1. The van der Waals surface area contributed by atoms with E-state index in [4.69, 9.17) is 8.94 Å². The standard InChI is InChI=1S/C20H15N3O3/c1-13-6-2-3-9-16(13)20-22-18(23-26-20)14-7-4-8-15(12-14)21-19(24)17-10-5-11-25-17/h2-12H,1H3,(H,21,24). The van der Waals surface area contributed by atoms with Gasteiger partial charge in [0, 0.05) is 16.8 Å². The molecule has 1 amide bonds. The Bertz CT molecular complexity index is 1050. The molecule has 0 aliphatic heterocycles. The zero-order valence-corrected chi connectivity index (χ0v) is 14.0.